The summed E-state index contributed by atoms with van der Waals surface area (Å²) in [7, 11) is 2.82. The van der Waals surface area contributed by atoms with E-state index < -0.39 is 62.5 Å². The predicted molar refractivity (Wildman–Crippen MR) is 177 cm³/mol. The number of carbonyl (C=O) groups is 4. The number of imide groups is 1. The van der Waals surface area contributed by atoms with Gasteiger partial charge in [-0.2, -0.15) is 0 Å². The van der Waals surface area contributed by atoms with E-state index in [4.69, 9.17) is 0 Å². The average molecular weight is 713 g/mol. The number of Topliss-reactive ketones (excluding diaryl/α,β-unsaturated/α-hetero) is 1. The maximum Gasteiger partial charge on any atom is 0.301 e. The van der Waals surface area contributed by atoms with Crippen LogP contribution in [-0.2, 0) is 19.2 Å². The molecule has 0 saturated carbocycles. The van der Waals surface area contributed by atoms with E-state index in [1.54, 1.807) is 30.3 Å². The molecule has 1 saturated heterocycles. The number of carbonyl (C=O) groups excluding carboxylic acids is 4. The molecule has 13 nitrogen and oxygen atoms in total. The highest BCUT2D eigenvalue weighted by Crippen LogP contribution is 2.57. The van der Waals surface area contributed by atoms with Crippen LogP contribution in [0.3, 0.4) is 0 Å². The van der Waals surface area contributed by atoms with Gasteiger partial charge in [-0.25, -0.2) is 4.90 Å². The predicted octanol–water partition coefficient (Wildman–Crippen LogP) is 5.39. The van der Waals surface area contributed by atoms with E-state index in [1.807, 2.05) is 6.08 Å². The molecule has 0 spiro atoms. The van der Waals surface area contributed by atoms with E-state index in [1.165, 1.54) is 31.1 Å². The molecule has 7 rings (SSSR count). The van der Waals surface area contributed by atoms with Gasteiger partial charge in [0.2, 0.25) is 11.8 Å². The summed E-state index contributed by atoms with van der Waals surface area (Å²) in [4.78, 5) is 80.1. The van der Waals surface area contributed by atoms with Gasteiger partial charge in [0, 0.05) is 54.8 Å². The molecule has 48 heavy (non-hydrogen) atoms. The van der Waals surface area contributed by atoms with Gasteiger partial charge in [-0.05, 0) is 51.7 Å². The topological polar surface area (TPSA) is 181 Å². The van der Waals surface area contributed by atoms with Crippen LogP contribution in [0.15, 0.2) is 81.9 Å². The number of nitrogens with zero attached hydrogens (tertiary/aromatic N) is 4. The normalized spacial score (nSPS) is 23.4. The van der Waals surface area contributed by atoms with Gasteiger partial charge in [-0.1, -0.05) is 42.0 Å². The summed E-state index contributed by atoms with van der Waals surface area (Å²) < 4.78 is 0.0661. The Kier molecular flexibility index (Phi) is 7.16. The van der Waals surface area contributed by atoms with E-state index in [9.17, 15) is 44.5 Å². The summed E-state index contributed by atoms with van der Waals surface area (Å²) in [5.74, 6) is -5.57. The summed E-state index contributed by atoms with van der Waals surface area (Å²) in [6.07, 6.45) is 3.12. The standard InChI is InChI=1S/C34H25BrN4O9/c1-36(2)31-24(38(45)46)11-15(12-25(31)39(47)48)37-33(43)20-8-7-19-21(29(20)34(37)44)13-22-30(27(41)14-23(35)32(22)42)28(19)18-9-10-26(40)17-6-4-3-5-16(17)18/h3-7,9-12,14,20-21,28-29,40H,8,13H2,1-2H3. The maximum atomic E-state index is 14.4. The second-order valence-electron chi connectivity index (χ2n) is 12.4. The first-order valence-electron chi connectivity index (χ1n) is 14.9. The molecule has 4 aliphatic rings. The van der Waals surface area contributed by atoms with Crippen LogP contribution in [0, 0.1) is 38.0 Å². The number of phenols is 1. The minimum absolute atomic E-state index is 0.0188. The van der Waals surface area contributed by atoms with Crippen LogP contribution in [0.4, 0.5) is 22.7 Å². The van der Waals surface area contributed by atoms with Crippen molar-refractivity contribution in [3.05, 3.63) is 108 Å². The quantitative estimate of drug-likeness (QED) is 0.118. The molecule has 1 fully saturated rings. The number of ketones is 2. The Hall–Kier alpha value is -5.50. The molecular formula is C34H25BrN4O9. The third kappa shape index (κ3) is 4.43. The van der Waals surface area contributed by atoms with Crippen LogP contribution >= 0.6 is 15.9 Å². The van der Waals surface area contributed by atoms with E-state index in [0.29, 0.717) is 21.9 Å². The Labute approximate surface area is 280 Å². The first-order valence-corrected chi connectivity index (χ1v) is 15.7. The first kappa shape index (κ1) is 31.1. The van der Waals surface area contributed by atoms with Crippen LogP contribution < -0.4 is 9.80 Å². The summed E-state index contributed by atoms with van der Waals surface area (Å²) in [6.45, 7) is 0. The van der Waals surface area contributed by atoms with Crippen molar-refractivity contribution in [1.82, 2.24) is 0 Å². The minimum atomic E-state index is -1.02. The fourth-order valence-corrected chi connectivity index (χ4v) is 8.28. The molecule has 4 atom stereocenters. The molecule has 0 radical (unpaired) electrons. The molecule has 4 unspecified atom stereocenters. The number of allylic oxidation sites excluding steroid dienone is 6. The molecule has 242 valence electrons. The van der Waals surface area contributed by atoms with Gasteiger partial charge >= 0.3 is 11.4 Å². The number of rotatable bonds is 5. The molecule has 1 N–H and O–H groups in total. The van der Waals surface area contributed by atoms with E-state index in [-0.39, 0.29) is 51.4 Å². The minimum Gasteiger partial charge on any atom is -0.507 e. The molecule has 0 bridgehead atoms. The van der Waals surface area contributed by atoms with Crippen LogP contribution in [0.1, 0.15) is 24.3 Å². The van der Waals surface area contributed by atoms with Gasteiger partial charge in [0.1, 0.15) is 5.75 Å². The third-order valence-electron chi connectivity index (χ3n) is 9.73. The summed E-state index contributed by atoms with van der Waals surface area (Å²) >= 11 is 3.21. The molecule has 2 amide bonds. The van der Waals surface area contributed by atoms with Crippen LogP contribution in [0.2, 0.25) is 0 Å². The molecule has 0 aromatic heterocycles. The Balaban J connectivity index is 1.39. The Morgan fingerprint density at radius 2 is 1.56 bits per heavy atom. The zero-order valence-electron chi connectivity index (χ0n) is 25.4. The highest BCUT2D eigenvalue weighted by atomic mass is 79.9. The molecule has 1 heterocycles. The van der Waals surface area contributed by atoms with Crippen LogP contribution in [-0.4, -0.2) is 52.4 Å². The fourth-order valence-electron chi connectivity index (χ4n) is 7.83. The smallest absolute Gasteiger partial charge is 0.301 e. The first-order chi connectivity index (χ1) is 22.8. The Morgan fingerprint density at radius 1 is 0.917 bits per heavy atom. The average Bonchev–Trinajstić information content (AvgIpc) is 3.31. The zero-order chi connectivity index (χ0) is 34.3. The largest absolute Gasteiger partial charge is 0.507 e. The van der Waals surface area contributed by atoms with Crippen LogP contribution in [0.25, 0.3) is 10.8 Å². The van der Waals surface area contributed by atoms with Crippen molar-refractivity contribution in [1.29, 1.82) is 0 Å². The second-order valence-corrected chi connectivity index (χ2v) is 13.2. The highest BCUT2D eigenvalue weighted by Gasteiger charge is 2.57. The summed E-state index contributed by atoms with van der Waals surface area (Å²) in [5.41, 5.74) is -0.0983. The van der Waals surface area contributed by atoms with Crippen molar-refractivity contribution in [2.45, 2.75) is 18.8 Å². The molecule has 3 aliphatic carbocycles. The van der Waals surface area contributed by atoms with E-state index in [0.717, 1.165) is 17.0 Å². The third-order valence-corrected chi connectivity index (χ3v) is 10.3. The SMILES string of the molecule is CN(C)c1c([N+](=O)[O-])cc(N2C(=O)C3CC=C4C(c5ccc(O)c6ccccc56)C5=C(CC4C3C2=O)C(=O)C(Br)=CC5=O)cc1[N+](=O)[O-]. The number of aromatic hydroxyl groups is 1. The number of anilines is 2. The molecule has 3 aromatic rings. The number of fused-ring (bicyclic) bond motifs is 4. The van der Waals surface area contributed by atoms with E-state index in [2.05, 4.69) is 15.9 Å². The number of benzene rings is 3. The number of nitro benzene ring substituents is 2. The lowest BCUT2D eigenvalue weighted by Crippen LogP contribution is -2.39. The lowest BCUT2D eigenvalue weighted by molar-refractivity contribution is -0.392. The number of hydrogen-bond acceptors (Lipinski definition) is 10. The number of phenolic OH excluding ortho intramolecular Hbond substituents is 1. The molecular weight excluding hydrogens is 688 g/mol. The molecule has 3 aromatic carbocycles. The van der Waals surface area contributed by atoms with Crippen molar-refractivity contribution < 1.29 is 34.1 Å². The Bertz CT molecular complexity index is 2130. The van der Waals surface area contributed by atoms with Crippen molar-refractivity contribution in [3.63, 3.8) is 0 Å². The number of halogens is 1. The van der Waals surface area contributed by atoms with Gasteiger partial charge in [0.05, 0.1) is 31.9 Å². The van der Waals surface area contributed by atoms with Crippen molar-refractivity contribution in [2.24, 2.45) is 17.8 Å². The van der Waals surface area contributed by atoms with Crippen LogP contribution in [0.5, 0.6) is 5.75 Å². The molecule has 1 aliphatic heterocycles. The maximum absolute atomic E-state index is 14.4. The lowest BCUT2D eigenvalue weighted by atomic mass is 9.59. The Morgan fingerprint density at radius 3 is 2.19 bits per heavy atom. The number of nitro groups is 2. The van der Waals surface area contributed by atoms with Gasteiger partial charge in [-0.15, -0.1) is 0 Å². The van der Waals surface area contributed by atoms with Gasteiger partial charge < -0.3 is 10.0 Å². The summed E-state index contributed by atoms with van der Waals surface area (Å²) in [6, 6.07) is 12.2. The van der Waals surface area contributed by atoms with Crippen molar-refractivity contribution in [3.8, 4) is 5.75 Å². The summed E-state index contributed by atoms with van der Waals surface area (Å²) in [5, 5.41) is 35.9. The number of amides is 2. The monoisotopic (exact) mass is 712 g/mol. The van der Waals surface area contributed by atoms with Crippen molar-refractivity contribution in [2.75, 3.05) is 23.9 Å². The van der Waals surface area contributed by atoms with Gasteiger partial charge in [0.25, 0.3) is 0 Å². The van der Waals surface area contributed by atoms with E-state index >= 15 is 0 Å². The van der Waals surface area contributed by atoms with Gasteiger partial charge in [0.15, 0.2) is 17.3 Å². The lowest BCUT2D eigenvalue weighted by Gasteiger charge is -2.42. The zero-order valence-corrected chi connectivity index (χ0v) is 27.0. The fraction of sp³-hybridized carbons (Fsp3) is 0.235. The van der Waals surface area contributed by atoms with Gasteiger partial charge in [-0.3, -0.25) is 39.4 Å². The second kappa shape index (κ2) is 11.0. The van der Waals surface area contributed by atoms with Crippen molar-refractivity contribution >= 4 is 72.8 Å². The molecule has 14 heteroatoms. The number of hydrogen-bond donors (Lipinski definition) is 1. The highest BCUT2D eigenvalue weighted by molar-refractivity contribution is 9.12.